The highest BCUT2D eigenvalue weighted by molar-refractivity contribution is 7.92. The van der Waals surface area contributed by atoms with E-state index >= 15 is 0 Å². The monoisotopic (exact) mass is 821 g/mol. The van der Waals surface area contributed by atoms with E-state index in [0.717, 1.165) is 32.0 Å². The van der Waals surface area contributed by atoms with Crippen LogP contribution in [0.15, 0.2) is 96.0 Å². The molecule has 4 aromatic heterocycles. The van der Waals surface area contributed by atoms with E-state index in [9.17, 15) is 16.8 Å². The molecule has 2 fully saturated rings. The summed E-state index contributed by atoms with van der Waals surface area (Å²) >= 11 is 16.2. The van der Waals surface area contributed by atoms with Crippen molar-refractivity contribution in [3.05, 3.63) is 123 Å². The Morgan fingerprint density at radius 3 is 1.58 bits per heavy atom. The molecule has 0 bridgehead atoms. The molecule has 0 radical (unpaired) electrons. The van der Waals surface area contributed by atoms with Gasteiger partial charge in [-0.2, -0.15) is 0 Å². The average Bonchev–Trinajstić information content (AvgIpc) is 4.05. The Morgan fingerprint density at radius 2 is 1.15 bits per heavy atom. The van der Waals surface area contributed by atoms with Gasteiger partial charge >= 0.3 is 0 Å². The van der Waals surface area contributed by atoms with Gasteiger partial charge in [-0.05, 0) is 125 Å². The number of rotatable bonds is 10. The summed E-state index contributed by atoms with van der Waals surface area (Å²) in [6.07, 6.45) is 11.1. The molecule has 0 unspecified atom stereocenters. The highest BCUT2D eigenvalue weighted by Gasteiger charge is 2.26. The number of hydrogen-bond acceptors (Lipinski definition) is 8. The van der Waals surface area contributed by atoms with E-state index in [0.29, 0.717) is 33.1 Å². The first-order valence-electron chi connectivity index (χ1n) is 17.0. The van der Waals surface area contributed by atoms with Gasteiger partial charge in [0.1, 0.15) is 0 Å². The van der Waals surface area contributed by atoms with Crippen molar-refractivity contribution >= 4 is 71.4 Å². The molecule has 2 aliphatic carbocycles. The third kappa shape index (κ3) is 9.39. The van der Waals surface area contributed by atoms with Crippen molar-refractivity contribution in [1.82, 2.24) is 9.97 Å². The van der Waals surface area contributed by atoms with Gasteiger partial charge in [-0.3, -0.25) is 14.3 Å². The third-order valence-electron chi connectivity index (χ3n) is 9.23. The molecule has 0 aliphatic heterocycles. The molecule has 6 aromatic rings. The van der Waals surface area contributed by atoms with Crippen LogP contribution in [0.3, 0.4) is 0 Å². The minimum Gasteiger partial charge on any atom is -0.273 e. The van der Waals surface area contributed by atoms with E-state index in [1.807, 2.05) is 42.7 Å². The zero-order chi connectivity index (χ0) is 37.5. The van der Waals surface area contributed by atoms with Crippen LogP contribution in [0.25, 0.3) is 43.1 Å². The number of sulfonamides is 1. The lowest BCUT2D eigenvalue weighted by molar-refractivity contribution is 0.599. The van der Waals surface area contributed by atoms with Crippen molar-refractivity contribution in [1.29, 1.82) is 0 Å². The van der Waals surface area contributed by atoms with Crippen molar-refractivity contribution in [3.63, 3.8) is 0 Å². The summed E-state index contributed by atoms with van der Waals surface area (Å²) in [5, 5.41) is 5.36. The molecule has 0 amide bonds. The van der Waals surface area contributed by atoms with E-state index in [1.165, 1.54) is 72.1 Å². The van der Waals surface area contributed by atoms with Gasteiger partial charge in [0.05, 0.1) is 22.7 Å². The number of hydrogen-bond donors (Lipinski definition) is 0. The quantitative estimate of drug-likeness (QED) is 0.136. The van der Waals surface area contributed by atoms with Crippen LogP contribution in [0, 0.1) is 0 Å². The molecule has 7 nitrogen and oxygen atoms in total. The van der Waals surface area contributed by atoms with Crippen LogP contribution in [0.1, 0.15) is 54.5 Å². The lowest BCUT2D eigenvalue weighted by Gasteiger charge is -2.17. The Hall–Kier alpha value is -3.58. The molecule has 13 heteroatoms. The first kappa shape index (κ1) is 37.7. The second kappa shape index (κ2) is 15.3. The van der Waals surface area contributed by atoms with Crippen LogP contribution in [-0.2, 0) is 25.6 Å². The van der Waals surface area contributed by atoms with Crippen molar-refractivity contribution in [2.45, 2.75) is 43.3 Å². The van der Waals surface area contributed by atoms with E-state index in [4.69, 9.17) is 23.2 Å². The van der Waals surface area contributed by atoms with Crippen LogP contribution in [-0.4, -0.2) is 46.4 Å². The van der Waals surface area contributed by atoms with Crippen molar-refractivity contribution < 1.29 is 16.8 Å². The third-order valence-corrected chi connectivity index (χ3v) is 13.8. The number of halogens is 2. The predicted molar refractivity (Wildman–Crippen MR) is 222 cm³/mol. The van der Waals surface area contributed by atoms with Gasteiger partial charge in [-0.1, -0.05) is 35.3 Å². The molecule has 2 aromatic carbocycles. The van der Waals surface area contributed by atoms with Crippen LogP contribution in [0.5, 0.6) is 0 Å². The Balaban J connectivity index is 0.000000164. The molecule has 4 heterocycles. The number of benzene rings is 2. The van der Waals surface area contributed by atoms with E-state index in [1.54, 1.807) is 40.9 Å². The second-order valence-electron chi connectivity index (χ2n) is 13.7. The lowest BCUT2D eigenvalue weighted by atomic mass is 10.1. The summed E-state index contributed by atoms with van der Waals surface area (Å²) in [5.74, 6) is 1.26. The van der Waals surface area contributed by atoms with Gasteiger partial charge in [-0.15, -0.1) is 22.7 Å². The summed E-state index contributed by atoms with van der Waals surface area (Å²) in [5.41, 5.74) is 10.1. The fourth-order valence-electron chi connectivity index (χ4n) is 5.96. The van der Waals surface area contributed by atoms with Crippen LogP contribution in [0.2, 0.25) is 10.0 Å². The SMILES string of the molecule is CN(c1ccc(-c2cc(-c3ccnc(C4CC4)c3)cs2)c(Cl)c1)S(C)(=O)=O.CS(=O)(=O)Cc1ccc(-c2cc(-c3ccnc(C4CC4)c3)cs2)c(Cl)c1. The molecule has 2 saturated carbocycles. The summed E-state index contributed by atoms with van der Waals surface area (Å²) in [4.78, 5) is 11.1. The van der Waals surface area contributed by atoms with E-state index in [-0.39, 0.29) is 5.75 Å². The molecule has 53 heavy (non-hydrogen) atoms. The Kier molecular flexibility index (Phi) is 10.9. The summed E-state index contributed by atoms with van der Waals surface area (Å²) < 4.78 is 47.6. The average molecular weight is 823 g/mol. The number of aromatic nitrogens is 2. The van der Waals surface area contributed by atoms with Crippen LogP contribution >= 0.6 is 45.9 Å². The van der Waals surface area contributed by atoms with Gasteiger partial charge in [-0.25, -0.2) is 16.8 Å². The van der Waals surface area contributed by atoms with Gasteiger partial charge in [0.25, 0.3) is 0 Å². The second-order valence-corrected chi connectivity index (χ2v) is 20.5. The van der Waals surface area contributed by atoms with Gasteiger partial charge < -0.3 is 0 Å². The van der Waals surface area contributed by atoms with Crippen molar-refractivity contribution in [2.24, 2.45) is 0 Å². The first-order valence-corrected chi connectivity index (χ1v) is 23.4. The van der Waals surface area contributed by atoms with Gasteiger partial charge in [0.2, 0.25) is 10.0 Å². The maximum atomic E-state index is 11.7. The maximum Gasteiger partial charge on any atom is 0.231 e. The molecular weight excluding hydrogens is 786 g/mol. The number of nitrogens with zero attached hydrogens (tertiary/aromatic N) is 3. The molecule has 0 atom stereocenters. The maximum absolute atomic E-state index is 11.7. The number of pyridine rings is 2. The highest BCUT2D eigenvalue weighted by Crippen LogP contribution is 2.43. The van der Waals surface area contributed by atoms with Gasteiger partial charge in [0, 0.05) is 74.8 Å². The predicted octanol–water partition coefficient (Wildman–Crippen LogP) is 11.0. The van der Waals surface area contributed by atoms with Crippen LogP contribution in [0.4, 0.5) is 5.69 Å². The first-order chi connectivity index (χ1) is 25.2. The molecule has 0 N–H and O–H groups in total. The molecule has 2 aliphatic rings. The fourth-order valence-corrected chi connectivity index (χ4v) is 9.85. The van der Waals surface area contributed by atoms with E-state index < -0.39 is 19.9 Å². The minimum atomic E-state index is -3.32. The van der Waals surface area contributed by atoms with E-state index in [2.05, 4.69) is 45.0 Å². The minimum absolute atomic E-state index is 0.00362. The zero-order valence-corrected chi connectivity index (χ0v) is 34.1. The number of thiophene rings is 2. The normalized spacial score (nSPS) is 14.4. The summed E-state index contributed by atoms with van der Waals surface area (Å²) in [7, 11) is -4.87. The largest absolute Gasteiger partial charge is 0.273 e. The Bertz CT molecular complexity index is 2520. The summed E-state index contributed by atoms with van der Waals surface area (Å²) in [6.45, 7) is 0. The zero-order valence-electron chi connectivity index (χ0n) is 29.3. The number of anilines is 1. The van der Waals surface area contributed by atoms with Crippen LogP contribution < -0.4 is 4.31 Å². The molecule has 274 valence electrons. The fraction of sp³-hybridized carbons (Fsp3) is 0.250. The lowest BCUT2D eigenvalue weighted by Crippen LogP contribution is -2.24. The topological polar surface area (TPSA) is 97.3 Å². The van der Waals surface area contributed by atoms with Crippen molar-refractivity contribution in [2.75, 3.05) is 23.9 Å². The smallest absolute Gasteiger partial charge is 0.231 e. The highest BCUT2D eigenvalue weighted by atomic mass is 35.5. The summed E-state index contributed by atoms with van der Waals surface area (Å²) in [6, 6.07) is 23.5. The molecular formula is C40H37Cl2N3O4S4. The van der Waals surface area contributed by atoms with Crippen molar-refractivity contribution in [3.8, 4) is 43.1 Å². The molecule has 8 rings (SSSR count). The Morgan fingerprint density at radius 1 is 0.660 bits per heavy atom. The Labute approximate surface area is 329 Å². The molecule has 0 saturated heterocycles. The molecule has 0 spiro atoms. The number of sulfone groups is 1. The van der Waals surface area contributed by atoms with Gasteiger partial charge in [0.15, 0.2) is 9.84 Å². The standard InChI is InChI=1S/C20H19ClN2O2S2.C20H18ClNO2S2/c1-23(27(2,24)25)16-5-6-17(18(21)11-16)20-10-15(12-26-20)14-7-8-22-19(9-14)13-3-4-13;1-26(23,24)12-13-2-5-17(18(21)8-13)20-10-16(11-25-20)15-6-7-22-19(9-15)14-3-4-14/h5-13H,3-4H2,1-2H3;2,5-11,14H,3-4,12H2,1H3.